The Kier molecular flexibility index (Phi) is 3.75. The Morgan fingerprint density at radius 2 is 1.93 bits per heavy atom. The molecule has 4 nitrogen and oxygen atoms in total. The summed E-state index contributed by atoms with van der Waals surface area (Å²) in [5.74, 6) is 2.33. The molecule has 3 aliphatic rings. The summed E-state index contributed by atoms with van der Waals surface area (Å²) in [5.41, 5.74) is 3.11. The molecule has 142 valence electrons. The number of benzene rings is 2. The molecule has 0 spiro atoms. The predicted octanol–water partition coefficient (Wildman–Crippen LogP) is 2.99. The predicted molar refractivity (Wildman–Crippen MR) is 105 cm³/mol. The second-order valence-electron chi connectivity index (χ2n) is 8.10. The molecule has 0 unspecified atom stereocenters. The van der Waals surface area contributed by atoms with Crippen molar-refractivity contribution in [3.63, 3.8) is 0 Å². The van der Waals surface area contributed by atoms with Crippen LogP contribution in [0.15, 0.2) is 48.5 Å². The number of nitrogens with zero attached hydrogens (tertiary/aromatic N) is 1. The number of amides is 2. The van der Waals surface area contributed by atoms with Crippen LogP contribution in [0, 0.1) is 18.2 Å². The summed E-state index contributed by atoms with van der Waals surface area (Å²) in [6, 6.07) is 14.4. The fourth-order valence-electron chi connectivity index (χ4n) is 4.68. The zero-order valence-corrected chi connectivity index (χ0v) is 15.5. The van der Waals surface area contributed by atoms with E-state index in [0.717, 1.165) is 30.4 Å². The number of halogens is 1. The quantitative estimate of drug-likeness (QED) is 0.807. The number of hydrogen-bond acceptors (Lipinski definition) is 2. The van der Waals surface area contributed by atoms with Gasteiger partial charge in [-0.15, -0.1) is 6.42 Å². The van der Waals surface area contributed by atoms with Crippen LogP contribution >= 0.6 is 0 Å². The average Bonchev–Trinajstić information content (AvgIpc) is 3.52. The zero-order valence-electron chi connectivity index (χ0n) is 15.5. The molecule has 2 aliphatic carbocycles. The number of fused-ring (bicyclic) bond motifs is 2. The molecule has 28 heavy (non-hydrogen) atoms. The lowest BCUT2D eigenvalue weighted by atomic mass is 9.88. The topological polar surface area (TPSA) is 44.4 Å². The molecule has 2 N–H and O–H groups in total. The van der Waals surface area contributed by atoms with Gasteiger partial charge in [-0.3, -0.25) is 5.32 Å². The van der Waals surface area contributed by atoms with Crippen molar-refractivity contribution in [3.05, 3.63) is 71.0 Å². The van der Waals surface area contributed by atoms with Gasteiger partial charge in [0.25, 0.3) is 0 Å². The van der Waals surface area contributed by atoms with Gasteiger partial charge in [0, 0.05) is 12.1 Å². The van der Waals surface area contributed by atoms with Crippen molar-refractivity contribution >= 4 is 6.03 Å². The number of nitrogens with one attached hydrogen (secondary N) is 2. The summed E-state index contributed by atoms with van der Waals surface area (Å²) in [4.78, 5) is 15.1. The summed E-state index contributed by atoms with van der Waals surface area (Å²) < 4.78 is 13.5. The highest BCUT2D eigenvalue weighted by molar-refractivity contribution is 5.79. The van der Waals surface area contributed by atoms with Gasteiger partial charge in [0.15, 0.2) is 0 Å². The number of carbonyl (C=O) groups excluding carboxylic acids is 1. The molecule has 2 aromatic carbocycles. The molecule has 1 heterocycles. The van der Waals surface area contributed by atoms with Crippen molar-refractivity contribution in [2.75, 3.05) is 13.1 Å². The van der Waals surface area contributed by atoms with Crippen molar-refractivity contribution in [3.8, 4) is 12.3 Å². The molecule has 1 atom stereocenters. The van der Waals surface area contributed by atoms with Gasteiger partial charge in [-0.25, -0.2) is 9.18 Å². The van der Waals surface area contributed by atoms with E-state index in [-0.39, 0.29) is 29.0 Å². The Balaban J connectivity index is 1.41. The van der Waals surface area contributed by atoms with Crippen molar-refractivity contribution in [1.82, 2.24) is 15.5 Å². The van der Waals surface area contributed by atoms with Crippen LogP contribution < -0.4 is 10.6 Å². The van der Waals surface area contributed by atoms with E-state index in [1.165, 1.54) is 17.7 Å². The molecule has 1 aliphatic heterocycles. The van der Waals surface area contributed by atoms with E-state index in [4.69, 9.17) is 6.42 Å². The minimum Gasteiger partial charge on any atom is -0.331 e. The molecule has 5 heteroatoms. The van der Waals surface area contributed by atoms with E-state index in [0.29, 0.717) is 13.1 Å². The molecule has 0 radical (unpaired) electrons. The molecular weight excluding hydrogens is 353 g/mol. The number of carbonyl (C=O) groups is 1. The van der Waals surface area contributed by atoms with E-state index in [9.17, 15) is 9.18 Å². The SMILES string of the molecule is C#CCNC12CC1(NC(=O)N1CCc3ccccc3[C@@H]1c1ccc(F)cc1)C2. The normalized spacial score (nSPS) is 29.3. The summed E-state index contributed by atoms with van der Waals surface area (Å²) in [5, 5.41) is 6.61. The average molecular weight is 375 g/mol. The van der Waals surface area contributed by atoms with Crippen LogP contribution in [0.4, 0.5) is 9.18 Å². The highest BCUT2D eigenvalue weighted by atomic mass is 19.1. The smallest absolute Gasteiger partial charge is 0.318 e. The lowest BCUT2D eigenvalue weighted by Gasteiger charge is -2.38. The summed E-state index contributed by atoms with van der Waals surface area (Å²) in [6.07, 6.45) is 8.02. The molecular formula is C23H22FN3O. The fraction of sp³-hybridized carbons (Fsp3) is 0.348. The first-order chi connectivity index (χ1) is 13.6. The second kappa shape index (κ2) is 6.08. The molecule has 2 fully saturated rings. The van der Waals surface area contributed by atoms with Gasteiger partial charge >= 0.3 is 6.03 Å². The van der Waals surface area contributed by atoms with Crippen molar-refractivity contribution in [2.45, 2.75) is 36.4 Å². The maximum atomic E-state index is 13.5. The largest absolute Gasteiger partial charge is 0.331 e. The Bertz CT molecular complexity index is 972. The van der Waals surface area contributed by atoms with Crippen LogP contribution in [0.5, 0.6) is 0 Å². The summed E-state index contributed by atoms with van der Waals surface area (Å²) in [6.45, 7) is 1.15. The van der Waals surface area contributed by atoms with E-state index >= 15 is 0 Å². The van der Waals surface area contributed by atoms with Gasteiger partial charge in [0.2, 0.25) is 0 Å². The van der Waals surface area contributed by atoms with Crippen LogP contribution in [0.1, 0.15) is 35.6 Å². The third-order valence-electron chi connectivity index (χ3n) is 6.48. The maximum absolute atomic E-state index is 13.5. The van der Waals surface area contributed by atoms with Gasteiger partial charge in [-0.1, -0.05) is 42.3 Å². The maximum Gasteiger partial charge on any atom is 0.318 e. The number of hydrogen-bond donors (Lipinski definition) is 2. The van der Waals surface area contributed by atoms with E-state index in [1.807, 2.05) is 17.0 Å². The lowest BCUT2D eigenvalue weighted by Crippen LogP contribution is -2.48. The Labute approximate surface area is 164 Å². The minimum atomic E-state index is -0.275. The number of rotatable bonds is 4. The first kappa shape index (κ1) is 17.3. The summed E-state index contributed by atoms with van der Waals surface area (Å²) >= 11 is 0. The minimum absolute atomic E-state index is 0.00586. The van der Waals surface area contributed by atoms with E-state index < -0.39 is 0 Å². The molecule has 0 saturated heterocycles. The molecule has 5 rings (SSSR count). The van der Waals surface area contributed by atoms with Crippen LogP contribution in [0.3, 0.4) is 0 Å². The van der Waals surface area contributed by atoms with Gasteiger partial charge in [0.05, 0.1) is 18.1 Å². The molecule has 0 bridgehead atoms. The third kappa shape index (κ3) is 2.60. The molecule has 0 aromatic heterocycles. The van der Waals surface area contributed by atoms with Crippen LogP contribution in [-0.2, 0) is 6.42 Å². The standard InChI is InChI=1S/C23H22FN3O/c1-2-12-25-22-14-23(22,15-22)26-21(28)27-13-11-16-5-3-4-6-19(16)20(27)17-7-9-18(24)10-8-17/h1,3-10,20,25H,11-15H2,(H,26,28)/t20-,22?,23?/m0/s1. The van der Waals surface area contributed by atoms with E-state index in [2.05, 4.69) is 28.7 Å². The zero-order chi connectivity index (χ0) is 19.4. The molecule has 2 aromatic rings. The van der Waals surface area contributed by atoms with Gasteiger partial charge < -0.3 is 10.2 Å². The Morgan fingerprint density at radius 3 is 2.68 bits per heavy atom. The van der Waals surface area contributed by atoms with Crippen LogP contribution in [0.2, 0.25) is 0 Å². The van der Waals surface area contributed by atoms with Gasteiger partial charge in [-0.2, -0.15) is 0 Å². The van der Waals surface area contributed by atoms with Crippen LogP contribution in [-0.4, -0.2) is 35.1 Å². The van der Waals surface area contributed by atoms with Gasteiger partial charge in [0.1, 0.15) is 5.82 Å². The highest BCUT2D eigenvalue weighted by Gasteiger charge is 2.84. The number of terminal acetylenes is 1. The Hall–Kier alpha value is -2.84. The third-order valence-corrected chi connectivity index (χ3v) is 6.48. The van der Waals surface area contributed by atoms with Crippen molar-refractivity contribution in [1.29, 1.82) is 0 Å². The first-order valence-corrected chi connectivity index (χ1v) is 9.68. The summed E-state index contributed by atoms with van der Waals surface area (Å²) in [7, 11) is 0. The van der Waals surface area contributed by atoms with Gasteiger partial charge in [-0.05, 0) is 48.1 Å². The van der Waals surface area contributed by atoms with Crippen molar-refractivity contribution in [2.24, 2.45) is 0 Å². The monoisotopic (exact) mass is 375 g/mol. The van der Waals surface area contributed by atoms with Crippen molar-refractivity contribution < 1.29 is 9.18 Å². The molecule has 2 amide bonds. The second-order valence-corrected chi connectivity index (χ2v) is 8.10. The molecule has 2 saturated carbocycles. The highest BCUT2D eigenvalue weighted by Crippen LogP contribution is 2.70. The number of urea groups is 1. The lowest BCUT2D eigenvalue weighted by molar-refractivity contribution is 0.177. The van der Waals surface area contributed by atoms with E-state index in [1.54, 1.807) is 12.1 Å². The first-order valence-electron chi connectivity index (χ1n) is 9.68. The Morgan fingerprint density at radius 1 is 1.18 bits per heavy atom. The fourth-order valence-corrected chi connectivity index (χ4v) is 4.68. The van der Waals surface area contributed by atoms with Crippen LogP contribution in [0.25, 0.3) is 0 Å².